The van der Waals surface area contributed by atoms with E-state index in [1.807, 2.05) is 0 Å². The van der Waals surface area contributed by atoms with Crippen LogP contribution in [0.5, 0.6) is 0 Å². The minimum absolute atomic E-state index is 0.0348. The second-order valence-corrected chi connectivity index (χ2v) is 5.58. The van der Waals surface area contributed by atoms with Crippen LogP contribution in [-0.4, -0.2) is 53.1 Å². The molecule has 90 valence electrons. The first-order chi connectivity index (χ1) is 6.95. The molecule has 0 unspecified atom stereocenters. The zero-order valence-electron chi connectivity index (χ0n) is 9.19. The number of hydrogen-bond acceptors (Lipinski definition) is 5. The Hall–Kier alpha value is -0.460. The van der Waals surface area contributed by atoms with E-state index in [0.29, 0.717) is 19.6 Å². The molecule has 6 heteroatoms. The Morgan fingerprint density at radius 1 is 1.27 bits per heavy atom. The summed E-state index contributed by atoms with van der Waals surface area (Å²) in [5.41, 5.74) is 0. The molecule has 0 aromatic rings. The van der Waals surface area contributed by atoms with Gasteiger partial charge in [-0.05, 0) is 6.42 Å². The molecule has 0 saturated carbocycles. The van der Waals surface area contributed by atoms with Crippen LogP contribution < -0.4 is 0 Å². The highest BCUT2D eigenvalue weighted by molar-refractivity contribution is 7.90. The smallest absolute Gasteiger partial charge is 0.158 e. The molecule has 0 heterocycles. The van der Waals surface area contributed by atoms with Crippen LogP contribution in [0.2, 0.25) is 0 Å². The first-order valence-electron chi connectivity index (χ1n) is 4.72. The molecule has 0 fully saturated rings. The van der Waals surface area contributed by atoms with Gasteiger partial charge >= 0.3 is 0 Å². The summed E-state index contributed by atoms with van der Waals surface area (Å²) in [6.07, 6.45) is 1.78. The fourth-order valence-corrected chi connectivity index (χ4v) is 1.60. The maximum absolute atomic E-state index is 11.1. The van der Waals surface area contributed by atoms with Crippen LogP contribution in [0.25, 0.3) is 0 Å². The Labute approximate surface area is 90.7 Å². The molecule has 0 bridgehead atoms. The van der Waals surface area contributed by atoms with Gasteiger partial charge in [0, 0.05) is 19.8 Å². The third-order valence-corrected chi connectivity index (χ3v) is 2.70. The molecule has 0 aliphatic heterocycles. The lowest BCUT2D eigenvalue weighted by molar-refractivity contribution is -0.124. The summed E-state index contributed by atoms with van der Waals surface area (Å²) in [5, 5.41) is 0. The fraction of sp³-hybridized carbons (Fsp3) is 0.889. The zero-order chi connectivity index (χ0) is 11.7. The summed E-state index contributed by atoms with van der Waals surface area (Å²) in [4.78, 5) is 11.1. The van der Waals surface area contributed by atoms with Crippen LogP contribution in [0.15, 0.2) is 0 Å². The minimum atomic E-state index is -2.96. The fourth-order valence-electron chi connectivity index (χ4n) is 0.932. The van der Waals surface area contributed by atoms with Crippen molar-refractivity contribution in [1.29, 1.82) is 0 Å². The van der Waals surface area contributed by atoms with Crippen molar-refractivity contribution in [1.82, 2.24) is 0 Å². The van der Waals surface area contributed by atoms with E-state index < -0.39 is 9.84 Å². The summed E-state index contributed by atoms with van der Waals surface area (Å²) in [5.74, 6) is -0.0219. The van der Waals surface area contributed by atoms with Gasteiger partial charge in [-0.1, -0.05) is 0 Å². The number of ketones is 1. The first kappa shape index (κ1) is 14.5. The summed E-state index contributed by atoms with van der Waals surface area (Å²) >= 11 is 0. The number of carbonyl (C=O) groups excluding carboxylic acids is 1. The molecule has 0 saturated heterocycles. The molecule has 5 nitrogen and oxygen atoms in total. The number of carbonyl (C=O) groups is 1. The van der Waals surface area contributed by atoms with Gasteiger partial charge in [-0.25, -0.2) is 8.42 Å². The highest BCUT2D eigenvalue weighted by Gasteiger charge is 2.06. The predicted molar refractivity (Wildman–Crippen MR) is 56.6 cm³/mol. The van der Waals surface area contributed by atoms with Crippen LogP contribution in [-0.2, 0) is 24.1 Å². The molecule has 0 aliphatic carbocycles. The van der Waals surface area contributed by atoms with Crippen molar-refractivity contribution in [3.05, 3.63) is 0 Å². The molecule has 0 rings (SSSR count). The predicted octanol–water partition coefficient (Wildman–Crippen LogP) is 0.0433. The number of hydrogen-bond donors (Lipinski definition) is 0. The van der Waals surface area contributed by atoms with Crippen LogP contribution >= 0.6 is 0 Å². The number of Topliss-reactive ketones (excluding diaryl/α,β-unsaturated/α-hetero) is 1. The molecular formula is C9H18O5S. The molecule has 15 heavy (non-hydrogen) atoms. The third kappa shape index (κ3) is 11.5. The molecule has 0 spiro atoms. The molecular weight excluding hydrogens is 220 g/mol. The van der Waals surface area contributed by atoms with Crippen molar-refractivity contribution in [3.63, 3.8) is 0 Å². The largest absolute Gasteiger partial charge is 0.382 e. The standard InChI is InChI=1S/C9H18O5S/c1-13-5-6-14-8-9(10)4-3-7-15(2,11)12/h3-8H2,1-2H3. The summed E-state index contributed by atoms with van der Waals surface area (Å²) < 4.78 is 31.2. The number of ether oxygens (including phenoxy) is 2. The Balaban J connectivity index is 3.42. The van der Waals surface area contributed by atoms with Gasteiger partial charge in [-0.3, -0.25) is 4.79 Å². The summed E-state index contributed by atoms with van der Waals surface area (Å²) in [6, 6.07) is 0. The molecule has 0 aromatic carbocycles. The van der Waals surface area contributed by atoms with Gasteiger partial charge in [0.15, 0.2) is 5.78 Å². The van der Waals surface area contributed by atoms with Crippen molar-refractivity contribution in [2.75, 3.05) is 38.9 Å². The van der Waals surface area contributed by atoms with Gasteiger partial charge in [0.25, 0.3) is 0 Å². The highest BCUT2D eigenvalue weighted by Crippen LogP contribution is 1.96. The van der Waals surface area contributed by atoms with E-state index in [1.54, 1.807) is 7.11 Å². The van der Waals surface area contributed by atoms with Crippen molar-refractivity contribution in [2.24, 2.45) is 0 Å². The quantitative estimate of drug-likeness (QED) is 0.531. The van der Waals surface area contributed by atoms with Crippen LogP contribution in [0.4, 0.5) is 0 Å². The number of methoxy groups -OCH3 is 1. The van der Waals surface area contributed by atoms with E-state index in [4.69, 9.17) is 9.47 Å². The van der Waals surface area contributed by atoms with E-state index >= 15 is 0 Å². The van der Waals surface area contributed by atoms with E-state index in [2.05, 4.69) is 0 Å². The maximum atomic E-state index is 11.1. The van der Waals surface area contributed by atoms with Crippen molar-refractivity contribution < 1.29 is 22.7 Å². The molecule has 0 aromatic heterocycles. The summed E-state index contributed by atoms with van der Waals surface area (Å²) in [7, 11) is -1.41. The second-order valence-electron chi connectivity index (χ2n) is 3.32. The normalized spacial score (nSPS) is 11.6. The molecule has 0 N–H and O–H groups in total. The molecule has 0 aliphatic rings. The van der Waals surface area contributed by atoms with Gasteiger partial charge in [-0.15, -0.1) is 0 Å². The average molecular weight is 238 g/mol. The lowest BCUT2D eigenvalue weighted by Crippen LogP contribution is -2.13. The molecule has 0 radical (unpaired) electrons. The van der Waals surface area contributed by atoms with Gasteiger partial charge in [0.1, 0.15) is 16.4 Å². The Morgan fingerprint density at radius 3 is 2.47 bits per heavy atom. The van der Waals surface area contributed by atoms with E-state index in [1.165, 1.54) is 0 Å². The van der Waals surface area contributed by atoms with Gasteiger partial charge < -0.3 is 9.47 Å². The summed E-state index contributed by atoms with van der Waals surface area (Å²) in [6.45, 7) is 0.873. The monoisotopic (exact) mass is 238 g/mol. The zero-order valence-corrected chi connectivity index (χ0v) is 10.0. The van der Waals surface area contributed by atoms with E-state index in [9.17, 15) is 13.2 Å². The van der Waals surface area contributed by atoms with Crippen LogP contribution in [0, 0.1) is 0 Å². The minimum Gasteiger partial charge on any atom is -0.382 e. The van der Waals surface area contributed by atoms with E-state index in [0.717, 1.165) is 6.26 Å². The Morgan fingerprint density at radius 2 is 1.93 bits per heavy atom. The average Bonchev–Trinajstić information content (AvgIpc) is 2.10. The Bertz CT molecular complexity index is 270. The van der Waals surface area contributed by atoms with Crippen molar-refractivity contribution in [2.45, 2.75) is 12.8 Å². The topological polar surface area (TPSA) is 69.7 Å². The van der Waals surface area contributed by atoms with Crippen LogP contribution in [0.1, 0.15) is 12.8 Å². The van der Waals surface area contributed by atoms with Gasteiger partial charge in [0.05, 0.1) is 19.0 Å². The lowest BCUT2D eigenvalue weighted by Gasteiger charge is -2.02. The van der Waals surface area contributed by atoms with Crippen molar-refractivity contribution >= 4 is 15.6 Å². The Kier molecular flexibility index (Phi) is 7.54. The van der Waals surface area contributed by atoms with Gasteiger partial charge in [0.2, 0.25) is 0 Å². The maximum Gasteiger partial charge on any atom is 0.158 e. The third-order valence-electron chi connectivity index (χ3n) is 1.67. The van der Waals surface area contributed by atoms with Gasteiger partial charge in [-0.2, -0.15) is 0 Å². The number of sulfone groups is 1. The van der Waals surface area contributed by atoms with Crippen molar-refractivity contribution in [3.8, 4) is 0 Å². The highest BCUT2D eigenvalue weighted by atomic mass is 32.2. The molecule has 0 atom stereocenters. The second kappa shape index (κ2) is 7.78. The SMILES string of the molecule is COCCOCC(=O)CCCS(C)(=O)=O. The first-order valence-corrected chi connectivity index (χ1v) is 6.78. The van der Waals surface area contributed by atoms with E-state index in [-0.39, 0.29) is 24.6 Å². The lowest BCUT2D eigenvalue weighted by atomic mass is 10.2. The molecule has 0 amide bonds. The number of rotatable bonds is 9. The van der Waals surface area contributed by atoms with Crippen LogP contribution in [0.3, 0.4) is 0 Å².